The SMILES string of the molecule is Cc1cccc(-c2nnc([C@@H](C)N[C@H](c3ccccc3)c3cccs3)o2)c1. The molecule has 0 spiro atoms. The van der Waals surface area contributed by atoms with Crippen molar-refractivity contribution in [3.05, 3.63) is 94.0 Å². The average Bonchev–Trinajstić information content (AvgIpc) is 3.39. The Bertz CT molecular complexity index is 995. The number of rotatable bonds is 6. The lowest BCUT2D eigenvalue weighted by atomic mass is 10.0. The maximum Gasteiger partial charge on any atom is 0.247 e. The van der Waals surface area contributed by atoms with E-state index in [0.29, 0.717) is 11.8 Å². The lowest BCUT2D eigenvalue weighted by Gasteiger charge is -2.21. The van der Waals surface area contributed by atoms with Crippen LogP contribution >= 0.6 is 11.3 Å². The summed E-state index contributed by atoms with van der Waals surface area (Å²) in [7, 11) is 0. The van der Waals surface area contributed by atoms with Gasteiger partial charge in [0.05, 0.1) is 12.1 Å². The third-order valence-corrected chi connectivity index (χ3v) is 5.39. The van der Waals surface area contributed by atoms with Crippen LogP contribution in [0.5, 0.6) is 0 Å². The molecule has 0 bridgehead atoms. The molecular formula is C22H21N3OS. The molecule has 0 aliphatic carbocycles. The zero-order valence-electron chi connectivity index (χ0n) is 15.3. The number of thiophene rings is 1. The summed E-state index contributed by atoms with van der Waals surface area (Å²) in [5.74, 6) is 1.14. The quantitative estimate of drug-likeness (QED) is 0.480. The topological polar surface area (TPSA) is 51.0 Å². The van der Waals surface area contributed by atoms with Crippen LogP contribution in [0.1, 0.15) is 40.9 Å². The summed E-state index contributed by atoms with van der Waals surface area (Å²) in [4.78, 5) is 1.26. The zero-order chi connectivity index (χ0) is 18.6. The summed E-state index contributed by atoms with van der Waals surface area (Å²) in [6.45, 7) is 4.10. The third-order valence-electron chi connectivity index (χ3n) is 4.45. The van der Waals surface area contributed by atoms with Crippen LogP contribution in [0.25, 0.3) is 11.5 Å². The van der Waals surface area contributed by atoms with Crippen molar-refractivity contribution in [1.82, 2.24) is 15.5 Å². The Hall–Kier alpha value is -2.76. The van der Waals surface area contributed by atoms with E-state index in [2.05, 4.69) is 77.2 Å². The fraction of sp³-hybridized carbons (Fsp3) is 0.182. The highest BCUT2D eigenvalue weighted by molar-refractivity contribution is 7.10. The van der Waals surface area contributed by atoms with Crippen LogP contribution in [-0.2, 0) is 0 Å². The van der Waals surface area contributed by atoms with Gasteiger partial charge in [0.1, 0.15) is 0 Å². The second kappa shape index (κ2) is 7.86. The van der Waals surface area contributed by atoms with E-state index in [1.54, 1.807) is 11.3 Å². The third kappa shape index (κ3) is 3.99. The van der Waals surface area contributed by atoms with Crippen molar-refractivity contribution in [3.63, 3.8) is 0 Å². The average molecular weight is 375 g/mol. The number of aryl methyl sites for hydroxylation is 1. The molecule has 2 aromatic heterocycles. The first-order valence-electron chi connectivity index (χ1n) is 8.95. The van der Waals surface area contributed by atoms with Crippen molar-refractivity contribution in [2.75, 3.05) is 0 Å². The van der Waals surface area contributed by atoms with Crippen molar-refractivity contribution >= 4 is 11.3 Å². The molecule has 2 atom stereocenters. The van der Waals surface area contributed by atoms with Crippen molar-refractivity contribution in [2.24, 2.45) is 0 Å². The van der Waals surface area contributed by atoms with Gasteiger partial charge >= 0.3 is 0 Å². The fourth-order valence-corrected chi connectivity index (χ4v) is 3.88. The van der Waals surface area contributed by atoms with Crippen molar-refractivity contribution < 1.29 is 4.42 Å². The second-order valence-corrected chi connectivity index (χ2v) is 7.54. The highest BCUT2D eigenvalue weighted by Crippen LogP contribution is 2.29. The van der Waals surface area contributed by atoms with Crippen molar-refractivity contribution in [1.29, 1.82) is 0 Å². The van der Waals surface area contributed by atoms with Gasteiger partial charge in [0.25, 0.3) is 0 Å². The van der Waals surface area contributed by atoms with E-state index in [9.17, 15) is 0 Å². The Morgan fingerprint density at radius 2 is 1.81 bits per heavy atom. The molecule has 2 heterocycles. The van der Waals surface area contributed by atoms with Crippen LogP contribution in [0.4, 0.5) is 0 Å². The molecule has 5 heteroatoms. The maximum absolute atomic E-state index is 5.96. The van der Waals surface area contributed by atoms with E-state index >= 15 is 0 Å². The summed E-state index contributed by atoms with van der Waals surface area (Å²) >= 11 is 1.74. The molecule has 0 saturated heterocycles. The highest BCUT2D eigenvalue weighted by atomic mass is 32.1. The van der Waals surface area contributed by atoms with Crippen LogP contribution in [0.15, 0.2) is 76.5 Å². The molecule has 0 unspecified atom stereocenters. The van der Waals surface area contributed by atoms with E-state index in [-0.39, 0.29) is 12.1 Å². The molecule has 4 aromatic rings. The highest BCUT2D eigenvalue weighted by Gasteiger charge is 2.22. The van der Waals surface area contributed by atoms with Gasteiger partial charge in [-0.15, -0.1) is 21.5 Å². The van der Waals surface area contributed by atoms with E-state index < -0.39 is 0 Å². The molecule has 4 nitrogen and oxygen atoms in total. The Morgan fingerprint density at radius 3 is 2.56 bits per heavy atom. The standard InChI is InChI=1S/C22H21N3OS/c1-15-8-6-11-18(14-15)22-25-24-21(26-22)16(2)23-20(19-12-7-13-27-19)17-9-4-3-5-10-17/h3-14,16,20,23H,1-2H3/t16-,20-/m1/s1. The zero-order valence-corrected chi connectivity index (χ0v) is 16.1. The molecule has 0 aliphatic rings. The molecule has 0 saturated carbocycles. The fourth-order valence-electron chi connectivity index (χ4n) is 3.07. The van der Waals surface area contributed by atoms with Crippen LogP contribution in [0.2, 0.25) is 0 Å². The number of hydrogen-bond donors (Lipinski definition) is 1. The van der Waals surface area contributed by atoms with E-state index in [0.717, 1.165) is 5.56 Å². The molecule has 27 heavy (non-hydrogen) atoms. The first kappa shape index (κ1) is 17.6. The van der Waals surface area contributed by atoms with Gasteiger partial charge in [0.2, 0.25) is 11.8 Å². The van der Waals surface area contributed by atoms with E-state index in [1.807, 2.05) is 24.3 Å². The first-order chi connectivity index (χ1) is 13.2. The van der Waals surface area contributed by atoms with Gasteiger partial charge in [-0.2, -0.15) is 0 Å². The monoisotopic (exact) mass is 375 g/mol. The summed E-state index contributed by atoms with van der Waals surface area (Å²) in [5, 5.41) is 14.3. The Kier molecular flexibility index (Phi) is 5.14. The molecule has 0 radical (unpaired) electrons. The molecular weight excluding hydrogens is 354 g/mol. The second-order valence-electron chi connectivity index (χ2n) is 6.56. The molecule has 2 aromatic carbocycles. The normalized spacial score (nSPS) is 13.4. The number of nitrogens with zero attached hydrogens (tertiary/aromatic N) is 2. The summed E-state index contributed by atoms with van der Waals surface area (Å²) in [6.07, 6.45) is 0. The van der Waals surface area contributed by atoms with E-state index in [4.69, 9.17) is 4.42 Å². The predicted octanol–water partition coefficient (Wildman–Crippen LogP) is 5.55. The number of nitrogens with one attached hydrogen (secondary N) is 1. The Morgan fingerprint density at radius 1 is 0.963 bits per heavy atom. The number of benzene rings is 2. The van der Waals surface area contributed by atoms with Gasteiger partial charge < -0.3 is 4.42 Å². The smallest absolute Gasteiger partial charge is 0.247 e. The minimum Gasteiger partial charge on any atom is -0.419 e. The van der Waals surface area contributed by atoms with Gasteiger partial charge in [-0.3, -0.25) is 5.32 Å². The Labute approximate surface area is 162 Å². The summed E-state index contributed by atoms with van der Waals surface area (Å²) < 4.78 is 5.96. The van der Waals surface area contributed by atoms with Crippen LogP contribution < -0.4 is 5.32 Å². The van der Waals surface area contributed by atoms with Gasteiger partial charge in [-0.05, 0) is 43.0 Å². The van der Waals surface area contributed by atoms with Crippen LogP contribution in [0.3, 0.4) is 0 Å². The summed E-state index contributed by atoms with van der Waals surface area (Å²) in [6, 6.07) is 22.7. The van der Waals surface area contributed by atoms with Crippen molar-refractivity contribution in [2.45, 2.75) is 25.9 Å². The predicted molar refractivity (Wildman–Crippen MR) is 109 cm³/mol. The summed E-state index contributed by atoms with van der Waals surface area (Å²) in [5.41, 5.74) is 3.32. The van der Waals surface area contributed by atoms with Crippen molar-refractivity contribution in [3.8, 4) is 11.5 Å². The molecule has 0 fully saturated rings. The van der Waals surface area contributed by atoms with Crippen LogP contribution in [-0.4, -0.2) is 10.2 Å². The molecule has 4 rings (SSSR count). The lowest BCUT2D eigenvalue weighted by molar-refractivity contribution is 0.405. The molecule has 1 N–H and O–H groups in total. The molecule has 0 aliphatic heterocycles. The minimum absolute atomic E-state index is 0.0792. The van der Waals surface area contributed by atoms with E-state index in [1.165, 1.54) is 16.0 Å². The maximum atomic E-state index is 5.96. The van der Waals surface area contributed by atoms with Crippen LogP contribution in [0, 0.1) is 6.92 Å². The first-order valence-corrected chi connectivity index (χ1v) is 9.83. The van der Waals surface area contributed by atoms with Gasteiger partial charge in [0, 0.05) is 10.4 Å². The Balaban J connectivity index is 1.58. The number of aromatic nitrogens is 2. The number of hydrogen-bond acceptors (Lipinski definition) is 5. The minimum atomic E-state index is -0.0802. The van der Waals surface area contributed by atoms with Gasteiger partial charge in [-0.1, -0.05) is 54.1 Å². The lowest BCUT2D eigenvalue weighted by Crippen LogP contribution is -2.25. The molecule has 0 amide bonds. The van der Waals surface area contributed by atoms with Gasteiger partial charge in [-0.25, -0.2) is 0 Å². The van der Waals surface area contributed by atoms with Gasteiger partial charge in [0.15, 0.2) is 0 Å². The largest absolute Gasteiger partial charge is 0.419 e. The molecule has 136 valence electrons.